The fourth-order valence-electron chi connectivity index (χ4n) is 5.06. The van der Waals surface area contributed by atoms with Crippen LogP contribution in [0.5, 0.6) is 0 Å². The molecule has 1 aliphatic rings. The van der Waals surface area contributed by atoms with Gasteiger partial charge in [-0.25, -0.2) is 9.97 Å². The van der Waals surface area contributed by atoms with Crippen LogP contribution >= 0.6 is 0 Å². The van der Waals surface area contributed by atoms with E-state index >= 15 is 0 Å². The van der Waals surface area contributed by atoms with Crippen LogP contribution in [0.15, 0.2) is 66.7 Å². The summed E-state index contributed by atoms with van der Waals surface area (Å²) in [4.78, 5) is 23.2. The molecule has 3 atom stereocenters. The van der Waals surface area contributed by atoms with Crippen molar-refractivity contribution in [3.63, 3.8) is 0 Å². The third-order valence-electron chi connectivity index (χ3n) is 7.60. The Hall–Kier alpha value is -3.53. The molecule has 0 unspecified atom stereocenters. The van der Waals surface area contributed by atoms with Crippen molar-refractivity contribution >= 4 is 16.9 Å². The van der Waals surface area contributed by atoms with Gasteiger partial charge in [-0.1, -0.05) is 86.3 Å². The number of rotatable bonds is 4. The highest BCUT2D eigenvalue weighted by Gasteiger charge is 2.28. The molecule has 1 aromatic heterocycles. The zero-order valence-corrected chi connectivity index (χ0v) is 21.0. The normalized spacial score (nSPS) is 20.1. The van der Waals surface area contributed by atoms with Crippen LogP contribution in [0.2, 0.25) is 0 Å². The zero-order valence-electron chi connectivity index (χ0n) is 21.0. The van der Waals surface area contributed by atoms with Crippen LogP contribution in [0.25, 0.3) is 33.5 Å². The number of carbonyl (C=O) groups is 1. The number of hydrogen-bond donors (Lipinski definition) is 1. The minimum absolute atomic E-state index is 0.0286. The molecule has 178 valence electrons. The maximum Gasteiger partial charge on any atom is 0.251 e. The highest BCUT2D eigenvalue weighted by atomic mass is 16.1. The van der Waals surface area contributed by atoms with E-state index in [-0.39, 0.29) is 11.9 Å². The quantitative estimate of drug-likeness (QED) is 0.350. The minimum Gasteiger partial charge on any atom is -0.349 e. The summed E-state index contributed by atoms with van der Waals surface area (Å²) >= 11 is 0. The van der Waals surface area contributed by atoms with Gasteiger partial charge in [-0.05, 0) is 50.3 Å². The van der Waals surface area contributed by atoms with Crippen LogP contribution < -0.4 is 5.32 Å². The molecule has 1 amide bonds. The maximum absolute atomic E-state index is 13.2. The van der Waals surface area contributed by atoms with E-state index in [0.717, 1.165) is 40.0 Å². The molecule has 4 aromatic rings. The lowest BCUT2D eigenvalue weighted by atomic mass is 9.78. The number of hydrogen-bond acceptors (Lipinski definition) is 3. The topological polar surface area (TPSA) is 54.9 Å². The number of aryl methyl sites for hydroxylation is 2. The Kier molecular flexibility index (Phi) is 6.38. The van der Waals surface area contributed by atoms with Gasteiger partial charge in [0.15, 0.2) is 0 Å². The van der Waals surface area contributed by atoms with E-state index < -0.39 is 0 Å². The largest absolute Gasteiger partial charge is 0.349 e. The second-order valence-electron chi connectivity index (χ2n) is 10.2. The molecule has 1 N–H and O–H groups in total. The number of amides is 1. The monoisotopic (exact) mass is 463 g/mol. The number of fused-ring (bicyclic) bond motifs is 1. The standard InChI is InChI=1S/C31H33N3O/c1-19-8-12-23(13-9-19)29-30(24-14-10-20(2)11-15-24)33-28-18-25(16-17-27(28)32-29)31(35)34-26-7-5-6-21(3)22(26)4/h8-18,21-22,26H,5-7H2,1-4H3,(H,34,35)/t21-,22-,26-/m1/s1. The van der Waals surface area contributed by atoms with Gasteiger partial charge in [-0.2, -0.15) is 0 Å². The molecule has 35 heavy (non-hydrogen) atoms. The Balaban J connectivity index is 1.55. The van der Waals surface area contributed by atoms with Crippen molar-refractivity contribution in [2.45, 2.75) is 53.0 Å². The van der Waals surface area contributed by atoms with Crippen LogP contribution in [0, 0.1) is 25.7 Å². The molecule has 1 fully saturated rings. The Labute approximate surface area is 207 Å². The number of aromatic nitrogens is 2. The highest BCUT2D eigenvalue weighted by Crippen LogP contribution is 2.32. The first-order valence-electron chi connectivity index (χ1n) is 12.7. The highest BCUT2D eigenvalue weighted by molar-refractivity contribution is 5.98. The van der Waals surface area contributed by atoms with E-state index in [1.165, 1.54) is 24.0 Å². The molecule has 3 aromatic carbocycles. The third kappa shape index (κ3) is 4.84. The van der Waals surface area contributed by atoms with Gasteiger partial charge >= 0.3 is 0 Å². The van der Waals surface area contributed by atoms with Crippen molar-refractivity contribution < 1.29 is 4.79 Å². The molecule has 0 saturated heterocycles. The van der Waals surface area contributed by atoms with E-state index in [0.29, 0.717) is 17.4 Å². The minimum atomic E-state index is -0.0286. The van der Waals surface area contributed by atoms with Crippen LogP contribution in [0.3, 0.4) is 0 Å². The van der Waals surface area contributed by atoms with E-state index in [1.807, 2.05) is 18.2 Å². The second-order valence-corrected chi connectivity index (χ2v) is 10.2. The third-order valence-corrected chi connectivity index (χ3v) is 7.60. The van der Waals surface area contributed by atoms with Gasteiger partial charge in [0.05, 0.1) is 22.4 Å². The first kappa shape index (κ1) is 23.2. The average Bonchev–Trinajstić information content (AvgIpc) is 2.86. The Morgan fingerprint density at radius 3 is 1.94 bits per heavy atom. The molecule has 1 aliphatic carbocycles. The van der Waals surface area contributed by atoms with Crippen LogP contribution in [0.1, 0.15) is 54.6 Å². The number of nitrogens with one attached hydrogen (secondary N) is 1. The molecule has 5 rings (SSSR count). The fraction of sp³-hybridized carbons (Fsp3) is 0.323. The molecule has 1 saturated carbocycles. The summed E-state index contributed by atoms with van der Waals surface area (Å²) < 4.78 is 0. The lowest BCUT2D eigenvalue weighted by molar-refractivity contribution is 0.0891. The van der Waals surface area contributed by atoms with Crippen molar-refractivity contribution in [2.75, 3.05) is 0 Å². The second kappa shape index (κ2) is 9.61. The number of carbonyl (C=O) groups excluding carboxylic acids is 1. The van der Waals surface area contributed by atoms with Crippen molar-refractivity contribution in [1.82, 2.24) is 15.3 Å². The maximum atomic E-state index is 13.2. The van der Waals surface area contributed by atoms with E-state index in [2.05, 4.69) is 81.5 Å². The molecule has 0 spiro atoms. The van der Waals surface area contributed by atoms with Gasteiger partial charge in [0.2, 0.25) is 0 Å². The Morgan fingerprint density at radius 1 is 0.771 bits per heavy atom. The lowest BCUT2D eigenvalue weighted by Gasteiger charge is -2.34. The van der Waals surface area contributed by atoms with Crippen LogP contribution in [-0.2, 0) is 0 Å². The van der Waals surface area contributed by atoms with Crippen molar-refractivity contribution in [1.29, 1.82) is 0 Å². The summed E-state index contributed by atoms with van der Waals surface area (Å²) in [5.41, 5.74) is 8.28. The summed E-state index contributed by atoms with van der Waals surface area (Å²) in [6.45, 7) is 8.70. The van der Waals surface area contributed by atoms with Gasteiger partial charge in [-0.3, -0.25) is 4.79 Å². The summed E-state index contributed by atoms with van der Waals surface area (Å²) in [7, 11) is 0. The molecule has 4 nitrogen and oxygen atoms in total. The summed E-state index contributed by atoms with van der Waals surface area (Å²) in [5.74, 6) is 1.09. The molecular formula is C31H33N3O. The summed E-state index contributed by atoms with van der Waals surface area (Å²) in [6.07, 6.45) is 3.45. The molecule has 0 aliphatic heterocycles. The first-order valence-corrected chi connectivity index (χ1v) is 12.7. The number of nitrogens with zero attached hydrogens (tertiary/aromatic N) is 2. The van der Waals surface area contributed by atoms with E-state index in [4.69, 9.17) is 9.97 Å². The van der Waals surface area contributed by atoms with Crippen LogP contribution in [0.4, 0.5) is 0 Å². The van der Waals surface area contributed by atoms with E-state index in [9.17, 15) is 4.79 Å². The predicted molar refractivity (Wildman–Crippen MR) is 143 cm³/mol. The Morgan fingerprint density at radius 2 is 1.34 bits per heavy atom. The van der Waals surface area contributed by atoms with Crippen molar-refractivity contribution in [2.24, 2.45) is 11.8 Å². The van der Waals surface area contributed by atoms with Crippen molar-refractivity contribution in [3.8, 4) is 22.5 Å². The van der Waals surface area contributed by atoms with Crippen molar-refractivity contribution in [3.05, 3.63) is 83.4 Å². The average molecular weight is 464 g/mol. The molecule has 0 bridgehead atoms. The van der Waals surface area contributed by atoms with Gasteiger partial charge in [0, 0.05) is 22.7 Å². The van der Waals surface area contributed by atoms with Crippen LogP contribution in [-0.4, -0.2) is 21.9 Å². The molecule has 4 heteroatoms. The van der Waals surface area contributed by atoms with Gasteiger partial charge in [0.1, 0.15) is 0 Å². The smallest absolute Gasteiger partial charge is 0.251 e. The summed E-state index contributed by atoms with van der Waals surface area (Å²) in [5, 5.41) is 3.29. The van der Waals surface area contributed by atoms with Gasteiger partial charge in [0.25, 0.3) is 5.91 Å². The number of benzene rings is 3. The molecule has 0 radical (unpaired) electrons. The molecule has 1 heterocycles. The fourth-order valence-corrected chi connectivity index (χ4v) is 5.06. The molecular weight excluding hydrogens is 430 g/mol. The van der Waals surface area contributed by atoms with E-state index in [1.54, 1.807) is 0 Å². The van der Waals surface area contributed by atoms with Gasteiger partial charge < -0.3 is 5.32 Å². The first-order chi connectivity index (χ1) is 16.9. The predicted octanol–water partition coefficient (Wildman–Crippen LogP) is 7.14. The van der Waals surface area contributed by atoms with Gasteiger partial charge in [-0.15, -0.1) is 0 Å². The Bertz CT molecular complexity index is 1360. The summed E-state index contributed by atoms with van der Waals surface area (Å²) in [6, 6.07) is 22.6. The zero-order chi connectivity index (χ0) is 24.5. The lowest BCUT2D eigenvalue weighted by Crippen LogP contribution is -2.43. The SMILES string of the molecule is Cc1ccc(-c2nc3ccc(C(=O)N[C@@H]4CCC[C@@H](C)[C@H]4C)cc3nc2-c2ccc(C)cc2)cc1.